The van der Waals surface area contributed by atoms with E-state index in [0.717, 1.165) is 6.07 Å². The zero-order valence-corrected chi connectivity index (χ0v) is 12.2. The number of aliphatic carboxylic acids is 1. The molecule has 0 bridgehead atoms. The van der Waals surface area contributed by atoms with Crippen molar-refractivity contribution in [2.45, 2.75) is 25.0 Å². The van der Waals surface area contributed by atoms with Gasteiger partial charge in [-0.1, -0.05) is 11.6 Å². The van der Waals surface area contributed by atoms with Gasteiger partial charge >= 0.3 is 5.97 Å². The third kappa shape index (κ3) is 3.93. The molecule has 0 radical (unpaired) electrons. The number of hydrogen-bond donors (Lipinski definition) is 1. The minimum atomic E-state index is -3.58. The first kappa shape index (κ1) is 15.3. The summed E-state index contributed by atoms with van der Waals surface area (Å²) in [5.41, 5.74) is -0.650. The highest BCUT2D eigenvalue weighted by molar-refractivity contribution is 7.90. The Bertz CT molecular complexity index is 638. The fourth-order valence-corrected chi connectivity index (χ4v) is 4.59. The van der Waals surface area contributed by atoms with E-state index in [-0.39, 0.29) is 22.8 Å². The van der Waals surface area contributed by atoms with Crippen LogP contribution in [-0.4, -0.2) is 25.2 Å². The molecule has 110 valence electrons. The fourth-order valence-electron chi connectivity index (χ4n) is 2.28. The second kappa shape index (κ2) is 5.33. The van der Waals surface area contributed by atoms with Crippen LogP contribution in [0.5, 0.6) is 0 Å². The molecule has 2 rings (SSSR count). The van der Waals surface area contributed by atoms with Crippen LogP contribution in [0.2, 0.25) is 5.02 Å². The van der Waals surface area contributed by atoms with Crippen LogP contribution in [0.1, 0.15) is 24.8 Å². The summed E-state index contributed by atoms with van der Waals surface area (Å²) in [6.45, 7) is 0. The minimum absolute atomic E-state index is 0.0172. The van der Waals surface area contributed by atoms with E-state index in [2.05, 4.69) is 0 Å². The van der Waals surface area contributed by atoms with Crippen molar-refractivity contribution in [2.24, 2.45) is 5.41 Å². The van der Waals surface area contributed by atoms with Gasteiger partial charge in [0, 0.05) is 10.6 Å². The smallest absolute Gasteiger partial charge is 0.303 e. The van der Waals surface area contributed by atoms with Crippen molar-refractivity contribution in [3.63, 3.8) is 0 Å². The second-order valence-corrected chi connectivity index (χ2v) is 7.84. The van der Waals surface area contributed by atoms with Crippen LogP contribution in [0.15, 0.2) is 18.2 Å². The molecule has 1 aliphatic rings. The number of benzene rings is 1. The zero-order valence-electron chi connectivity index (χ0n) is 10.6. The van der Waals surface area contributed by atoms with Crippen molar-refractivity contribution in [3.05, 3.63) is 34.6 Å². The number of carboxylic acids is 1. The number of halogens is 2. The summed E-state index contributed by atoms with van der Waals surface area (Å²) in [6.07, 6.45) is 0.997. The van der Waals surface area contributed by atoms with E-state index in [0.29, 0.717) is 12.8 Å². The average molecular weight is 321 g/mol. The highest BCUT2D eigenvalue weighted by Crippen LogP contribution is 2.50. The summed E-state index contributed by atoms with van der Waals surface area (Å²) in [5, 5.41) is 9.05. The molecule has 1 aliphatic carbocycles. The third-order valence-electron chi connectivity index (χ3n) is 3.39. The number of carboxylic acid groups (broad SMARTS) is 1. The van der Waals surface area contributed by atoms with Crippen molar-refractivity contribution in [1.29, 1.82) is 0 Å². The molecule has 0 aromatic heterocycles. The topological polar surface area (TPSA) is 71.4 Å². The lowest BCUT2D eigenvalue weighted by Gasteiger charge is -2.13. The molecule has 7 heteroatoms. The first-order chi connectivity index (χ1) is 9.21. The van der Waals surface area contributed by atoms with Gasteiger partial charge in [-0.05, 0) is 36.5 Å². The quantitative estimate of drug-likeness (QED) is 0.874. The molecule has 1 N–H and O–H groups in total. The normalized spacial score (nSPS) is 16.9. The molecule has 4 nitrogen and oxygen atoms in total. The van der Waals surface area contributed by atoms with Crippen molar-refractivity contribution in [1.82, 2.24) is 0 Å². The van der Waals surface area contributed by atoms with Gasteiger partial charge in [0.2, 0.25) is 0 Å². The molecule has 0 atom stereocenters. The number of rotatable bonds is 6. The van der Waals surface area contributed by atoms with Crippen molar-refractivity contribution in [3.8, 4) is 0 Å². The van der Waals surface area contributed by atoms with E-state index < -0.39 is 32.8 Å². The molecule has 0 heterocycles. The fraction of sp³-hybridized carbons (Fsp3) is 0.462. The SMILES string of the molecule is O=C(O)CC1(CS(=O)(=O)Cc2cc(Cl)ccc2F)CC1. The van der Waals surface area contributed by atoms with E-state index in [1.807, 2.05) is 0 Å². The van der Waals surface area contributed by atoms with Crippen LogP contribution >= 0.6 is 11.6 Å². The van der Waals surface area contributed by atoms with E-state index in [9.17, 15) is 17.6 Å². The summed E-state index contributed by atoms with van der Waals surface area (Å²) in [5.74, 6) is -2.31. The summed E-state index contributed by atoms with van der Waals surface area (Å²) >= 11 is 5.72. The molecule has 0 saturated heterocycles. The Hall–Kier alpha value is -1.14. The molecule has 1 aromatic rings. The summed E-state index contributed by atoms with van der Waals surface area (Å²) in [4.78, 5) is 10.7. The number of hydrogen-bond acceptors (Lipinski definition) is 3. The Balaban J connectivity index is 2.12. The predicted octanol–water partition coefficient (Wildman–Crippen LogP) is 2.65. The maximum atomic E-state index is 13.5. The zero-order chi connectivity index (χ0) is 15.0. The maximum absolute atomic E-state index is 13.5. The molecule has 0 unspecified atom stereocenters. The molecule has 20 heavy (non-hydrogen) atoms. The first-order valence-corrected chi connectivity index (χ1v) is 8.28. The Kier molecular flexibility index (Phi) is 4.07. The van der Waals surface area contributed by atoms with Crippen molar-refractivity contribution in [2.75, 3.05) is 5.75 Å². The Morgan fingerprint density at radius 1 is 1.40 bits per heavy atom. The van der Waals surface area contributed by atoms with Crippen molar-refractivity contribution >= 4 is 27.4 Å². The van der Waals surface area contributed by atoms with Crippen LogP contribution < -0.4 is 0 Å². The van der Waals surface area contributed by atoms with Crippen LogP contribution in [-0.2, 0) is 20.4 Å². The van der Waals surface area contributed by atoms with Crippen LogP contribution in [0, 0.1) is 11.2 Å². The second-order valence-electron chi connectivity index (χ2n) is 5.34. The molecular formula is C13H14ClFO4S. The van der Waals surface area contributed by atoms with Gasteiger partial charge in [0.05, 0.1) is 17.9 Å². The van der Waals surface area contributed by atoms with E-state index in [1.165, 1.54) is 12.1 Å². The summed E-state index contributed by atoms with van der Waals surface area (Å²) < 4.78 is 37.7. The van der Waals surface area contributed by atoms with E-state index in [1.54, 1.807) is 0 Å². The third-order valence-corrected chi connectivity index (χ3v) is 5.43. The van der Waals surface area contributed by atoms with Gasteiger partial charge in [-0.15, -0.1) is 0 Å². The van der Waals surface area contributed by atoms with Gasteiger partial charge < -0.3 is 5.11 Å². The highest BCUT2D eigenvalue weighted by atomic mass is 35.5. The van der Waals surface area contributed by atoms with Gasteiger partial charge in [0.1, 0.15) is 5.82 Å². The van der Waals surface area contributed by atoms with E-state index >= 15 is 0 Å². The molecule has 0 amide bonds. The molecule has 1 saturated carbocycles. The molecule has 1 aromatic carbocycles. The number of sulfone groups is 1. The predicted molar refractivity (Wildman–Crippen MR) is 72.8 cm³/mol. The van der Waals surface area contributed by atoms with Crippen LogP contribution in [0.3, 0.4) is 0 Å². The Labute approximate surface area is 121 Å². The molecular weight excluding hydrogens is 307 g/mol. The van der Waals surface area contributed by atoms with Gasteiger partial charge in [0.25, 0.3) is 0 Å². The Morgan fingerprint density at radius 3 is 2.60 bits per heavy atom. The van der Waals surface area contributed by atoms with Gasteiger partial charge in [-0.25, -0.2) is 12.8 Å². The highest BCUT2D eigenvalue weighted by Gasteiger charge is 2.47. The van der Waals surface area contributed by atoms with Crippen LogP contribution in [0.25, 0.3) is 0 Å². The molecule has 1 fully saturated rings. The minimum Gasteiger partial charge on any atom is -0.481 e. The first-order valence-electron chi connectivity index (χ1n) is 6.08. The van der Waals surface area contributed by atoms with Gasteiger partial charge in [-0.3, -0.25) is 4.79 Å². The molecule has 0 spiro atoms. The number of carbonyl (C=O) groups is 1. The van der Waals surface area contributed by atoms with Gasteiger partial charge in [0.15, 0.2) is 9.84 Å². The lowest BCUT2D eigenvalue weighted by molar-refractivity contribution is -0.138. The summed E-state index contributed by atoms with van der Waals surface area (Å²) in [7, 11) is -3.58. The van der Waals surface area contributed by atoms with Crippen molar-refractivity contribution < 1.29 is 22.7 Å². The van der Waals surface area contributed by atoms with Crippen LogP contribution in [0.4, 0.5) is 4.39 Å². The summed E-state index contributed by atoms with van der Waals surface area (Å²) in [6, 6.07) is 3.75. The van der Waals surface area contributed by atoms with E-state index in [4.69, 9.17) is 16.7 Å². The van der Waals surface area contributed by atoms with Gasteiger partial charge in [-0.2, -0.15) is 0 Å². The molecule has 0 aliphatic heterocycles. The Morgan fingerprint density at radius 2 is 2.05 bits per heavy atom. The standard InChI is InChI=1S/C13H14ClFO4S/c14-10-1-2-11(15)9(5-10)7-20(18,19)8-13(3-4-13)6-12(16)17/h1-2,5H,3-4,6-8H2,(H,16,17). The lowest BCUT2D eigenvalue weighted by atomic mass is 10.1. The lowest BCUT2D eigenvalue weighted by Crippen LogP contribution is -2.22. The largest absolute Gasteiger partial charge is 0.481 e. The monoisotopic (exact) mass is 320 g/mol. The maximum Gasteiger partial charge on any atom is 0.303 e. The average Bonchev–Trinajstić information content (AvgIpc) is 3.00.